The second kappa shape index (κ2) is 14.8. The van der Waals surface area contributed by atoms with E-state index < -0.39 is 0 Å². The summed E-state index contributed by atoms with van der Waals surface area (Å²) in [5, 5.41) is 0. The number of quaternary nitrogens is 3. The van der Waals surface area contributed by atoms with Gasteiger partial charge < -0.3 is 14.7 Å². The maximum atomic E-state index is 3.84. The van der Waals surface area contributed by atoms with Crippen molar-refractivity contribution in [3.05, 3.63) is 50.6 Å². The third-order valence-electron chi connectivity index (χ3n) is 4.00. The van der Waals surface area contributed by atoms with Crippen molar-refractivity contribution in [3.63, 3.8) is 0 Å². The van der Waals surface area contributed by atoms with Gasteiger partial charge in [-0.25, -0.2) is 0 Å². The lowest BCUT2D eigenvalue weighted by Crippen LogP contribution is -3.14. The van der Waals surface area contributed by atoms with Crippen molar-refractivity contribution in [1.82, 2.24) is 0 Å². The Hall–Kier alpha value is -1.16. The molecular weight excluding hydrogens is 270 g/mol. The van der Waals surface area contributed by atoms with Gasteiger partial charge in [0, 0.05) is 12.8 Å². The molecule has 126 valence electrons. The molecule has 0 rings (SSSR count). The Balaban J connectivity index is 3.81. The van der Waals surface area contributed by atoms with Crippen molar-refractivity contribution in [1.29, 1.82) is 0 Å². The van der Waals surface area contributed by atoms with Crippen LogP contribution in [0.5, 0.6) is 0 Å². The Bertz CT molecular complexity index is 262. The van der Waals surface area contributed by atoms with Crippen molar-refractivity contribution in [2.45, 2.75) is 12.8 Å². The van der Waals surface area contributed by atoms with Crippen molar-refractivity contribution < 1.29 is 14.7 Å². The summed E-state index contributed by atoms with van der Waals surface area (Å²) in [6.45, 7) is 24.4. The van der Waals surface area contributed by atoms with Crippen LogP contribution in [-0.4, -0.2) is 59.4 Å². The van der Waals surface area contributed by atoms with Gasteiger partial charge in [-0.2, -0.15) is 0 Å². The van der Waals surface area contributed by atoms with Crippen LogP contribution < -0.4 is 14.7 Å². The molecule has 0 unspecified atom stereocenters. The summed E-state index contributed by atoms with van der Waals surface area (Å²) >= 11 is 0. The van der Waals surface area contributed by atoms with Gasteiger partial charge in [-0.05, 0) is 24.3 Å². The first kappa shape index (κ1) is 20.8. The Morgan fingerprint density at radius 3 is 1.18 bits per heavy atom. The Labute approximate surface area is 138 Å². The smallest absolute Gasteiger partial charge is 0.0957 e. The highest BCUT2D eigenvalue weighted by Crippen LogP contribution is 1.71. The fraction of sp³-hybridized carbons (Fsp3) is 0.579. The first-order chi connectivity index (χ1) is 10.7. The van der Waals surface area contributed by atoms with Gasteiger partial charge in [0.25, 0.3) is 0 Å². The average Bonchev–Trinajstić information content (AvgIpc) is 2.48. The minimum atomic E-state index is 1.03. The molecule has 3 N–H and O–H groups in total. The van der Waals surface area contributed by atoms with Gasteiger partial charge in [-0.15, -0.1) is 0 Å². The summed E-state index contributed by atoms with van der Waals surface area (Å²) < 4.78 is 0. The maximum absolute atomic E-state index is 3.84. The molecule has 0 aliphatic heterocycles. The van der Waals surface area contributed by atoms with Crippen molar-refractivity contribution in [2.75, 3.05) is 59.4 Å². The van der Waals surface area contributed by atoms with Crippen LogP contribution >= 0.6 is 0 Å². The van der Waals surface area contributed by atoms with E-state index in [2.05, 4.69) is 33.4 Å². The van der Waals surface area contributed by atoms with Gasteiger partial charge in [0.05, 0.1) is 59.4 Å². The second-order valence-electron chi connectivity index (χ2n) is 6.14. The topological polar surface area (TPSA) is 13.3 Å². The molecule has 0 aromatic rings. The largest absolute Gasteiger partial charge is 0.337 e. The SMILES string of the molecule is C=CC[NH+](CC=C)CCC[NH+](C)CCC[NH+](CC=C)CC=C. The van der Waals surface area contributed by atoms with E-state index in [0.29, 0.717) is 0 Å². The molecule has 0 fully saturated rings. The highest BCUT2D eigenvalue weighted by molar-refractivity contribution is 4.68. The minimum absolute atomic E-state index is 1.03. The first-order valence-electron chi connectivity index (χ1n) is 8.59. The van der Waals surface area contributed by atoms with Gasteiger partial charge in [0.15, 0.2) is 0 Å². The standard InChI is InChI=1S/C19H35N3/c1-6-12-21(13-7-2)18-10-16-20(5)17-11-19-22(14-8-3)15-9-4/h6-9H,1-4,10-19H2,5H3/p+3. The molecule has 3 heteroatoms. The van der Waals surface area contributed by atoms with Gasteiger partial charge >= 0.3 is 0 Å². The molecule has 0 spiro atoms. The van der Waals surface area contributed by atoms with Crippen molar-refractivity contribution in [2.24, 2.45) is 0 Å². The maximum Gasteiger partial charge on any atom is 0.0957 e. The molecule has 0 atom stereocenters. The van der Waals surface area contributed by atoms with E-state index in [-0.39, 0.29) is 0 Å². The summed E-state index contributed by atoms with van der Waals surface area (Å²) in [5.74, 6) is 0. The van der Waals surface area contributed by atoms with Crippen LogP contribution in [0.15, 0.2) is 50.6 Å². The fourth-order valence-electron chi connectivity index (χ4n) is 2.80. The van der Waals surface area contributed by atoms with Gasteiger partial charge in [0.1, 0.15) is 0 Å². The van der Waals surface area contributed by atoms with Gasteiger partial charge in [-0.3, -0.25) is 0 Å². The first-order valence-corrected chi connectivity index (χ1v) is 8.59. The quantitative estimate of drug-likeness (QED) is 0.296. The molecule has 3 nitrogen and oxygen atoms in total. The number of rotatable bonds is 16. The summed E-state index contributed by atoms with van der Waals surface area (Å²) in [6, 6.07) is 0. The molecule has 0 aliphatic carbocycles. The second-order valence-corrected chi connectivity index (χ2v) is 6.14. The monoisotopic (exact) mass is 308 g/mol. The van der Waals surface area contributed by atoms with E-state index in [0.717, 1.165) is 26.2 Å². The van der Waals surface area contributed by atoms with E-state index in [9.17, 15) is 0 Å². The van der Waals surface area contributed by atoms with Crippen LogP contribution in [0, 0.1) is 0 Å². The number of hydrogen-bond acceptors (Lipinski definition) is 0. The van der Waals surface area contributed by atoms with Crippen LogP contribution in [0.25, 0.3) is 0 Å². The predicted molar refractivity (Wildman–Crippen MR) is 97.8 cm³/mol. The van der Waals surface area contributed by atoms with Crippen molar-refractivity contribution >= 4 is 0 Å². The highest BCUT2D eigenvalue weighted by Gasteiger charge is 2.09. The molecule has 0 bridgehead atoms. The van der Waals surface area contributed by atoms with Crippen LogP contribution in [0.3, 0.4) is 0 Å². The Kier molecular flexibility index (Phi) is 14.0. The highest BCUT2D eigenvalue weighted by atomic mass is 15.1. The third-order valence-corrected chi connectivity index (χ3v) is 4.00. The zero-order valence-corrected chi connectivity index (χ0v) is 14.7. The predicted octanol–water partition coefficient (Wildman–Crippen LogP) is -1.20. The van der Waals surface area contributed by atoms with E-state index in [1.54, 1.807) is 14.7 Å². The lowest BCUT2D eigenvalue weighted by molar-refractivity contribution is -0.912. The molecule has 0 saturated carbocycles. The third kappa shape index (κ3) is 11.5. The van der Waals surface area contributed by atoms with Gasteiger partial charge in [0.2, 0.25) is 0 Å². The molecule has 0 heterocycles. The van der Waals surface area contributed by atoms with Crippen LogP contribution in [-0.2, 0) is 0 Å². The van der Waals surface area contributed by atoms with E-state index in [1.807, 2.05) is 24.3 Å². The zero-order valence-electron chi connectivity index (χ0n) is 14.7. The number of hydrogen-bond donors (Lipinski definition) is 3. The van der Waals surface area contributed by atoms with E-state index in [1.165, 1.54) is 39.0 Å². The van der Waals surface area contributed by atoms with Crippen LogP contribution in [0.4, 0.5) is 0 Å². The summed E-state index contributed by atoms with van der Waals surface area (Å²) in [6.07, 6.45) is 10.5. The minimum Gasteiger partial charge on any atom is -0.337 e. The molecule has 0 amide bonds. The normalized spacial score (nSPS) is 11.1. The van der Waals surface area contributed by atoms with E-state index in [4.69, 9.17) is 0 Å². The molecule has 22 heavy (non-hydrogen) atoms. The number of nitrogens with one attached hydrogen (secondary N) is 3. The summed E-state index contributed by atoms with van der Waals surface area (Å²) in [4.78, 5) is 4.75. The van der Waals surface area contributed by atoms with Crippen LogP contribution in [0.2, 0.25) is 0 Å². The molecule has 0 aromatic carbocycles. The lowest BCUT2D eigenvalue weighted by atomic mass is 10.3. The average molecular weight is 309 g/mol. The van der Waals surface area contributed by atoms with Gasteiger partial charge in [-0.1, -0.05) is 26.3 Å². The Morgan fingerprint density at radius 1 is 0.591 bits per heavy atom. The molecule has 0 saturated heterocycles. The fourth-order valence-corrected chi connectivity index (χ4v) is 2.80. The zero-order chi connectivity index (χ0) is 16.6. The molecule has 0 aromatic heterocycles. The van der Waals surface area contributed by atoms with Crippen LogP contribution in [0.1, 0.15) is 12.8 Å². The molecule has 0 radical (unpaired) electrons. The Morgan fingerprint density at radius 2 is 0.909 bits per heavy atom. The van der Waals surface area contributed by atoms with E-state index >= 15 is 0 Å². The summed E-state index contributed by atoms with van der Waals surface area (Å²) in [5.41, 5.74) is 0. The lowest BCUT2D eigenvalue weighted by Gasteiger charge is -2.19. The van der Waals surface area contributed by atoms with Crippen molar-refractivity contribution in [3.8, 4) is 0 Å². The molecular formula is C19H38N3+3. The molecule has 0 aliphatic rings. The summed E-state index contributed by atoms with van der Waals surface area (Å²) in [7, 11) is 2.31.